The van der Waals surface area contributed by atoms with Gasteiger partial charge in [-0.05, 0) is 18.6 Å². The van der Waals surface area contributed by atoms with Gasteiger partial charge in [0.05, 0.1) is 17.0 Å². The van der Waals surface area contributed by atoms with Crippen LogP contribution in [0.5, 0.6) is 0 Å². The van der Waals surface area contributed by atoms with E-state index in [0.717, 1.165) is 29.7 Å². The van der Waals surface area contributed by atoms with Crippen molar-refractivity contribution in [3.8, 4) is 0 Å². The summed E-state index contributed by atoms with van der Waals surface area (Å²) in [5, 5.41) is 0. The van der Waals surface area contributed by atoms with Gasteiger partial charge in [0.15, 0.2) is 0 Å². The molecule has 0 aliphatic carbocycles. The summed E-state index contributed by atoms with van der Waals surface area (Å²) < 4.78 is 2.12. The Morgan fingerprint density at radius 1 is 1.47 bits per heavy atom. The highest BCUT2D eigenvalue weighted by atomic mass is 16.2. The molecule has 0 radical (unpaired) electrons. The Morgan fingerprint density at radius 2 is 2.21 bits per heavy atom. The number of hydrogen-bond donors (Lipinski definition) is 2. The molecule has 1 aromatic carbocycles. The van der Waals surface area contributed by atoms with Gasteiger partial charge in [0.25, 0.3) is 0 Å². The molecule has 102 valence electrons. The first-order chi connectivity index (χ1) is 9.17. The maximum atomic E-state index is 11.6. The summed E-state index contributed by atoms with van der Waals surface area (Å²) in [6.07, 6.45) is 1.94. The predicted octanol–water partition coefficient (Wildman–Crippen LogP) is 1.61. The van der Waals surface area contributed by atoms with E-state index in [4.69, 9.17) is 5.84 Å². The van der Waals surface area contributed by atoms with Gasteiger partial charge in [-0.3, -0.25) is 10.2 Å². The minimum atomic E-state index is -0.182. The molecule has 1 amide bonds. The highest BCUT2D eigenvalue weighted by Crippen LogP contribution is 2.18. The monoisotopic (exact) mass is 260 g/mol. The highest BCUT2D eigenvalue weighted by Gasteiger charge is 2.16. The summed E-state index contributed by atoms with van der Waals surface area (Å²) in [4.78, 5) is 16.2. The number of hydrogen-bond acceptors (Lipinski definition) is 3. The highest BCUT2D eigenvalue weighted by molar-refractivity contribution is 5.79. The number of amides is 1. The molecule has 1 unspecified atom stereocenters. The Balaban J connectivity index is 2.38. The Hall–Kier alpha value is -1.88. The van der Waals surface area contributed by atoms with Gasteiger partial charge in [-0.15, -0.1) is 0 Å². The fraction of sp³-hybridized carbons (Fsp3) is 0.429. The van der Waals surface area contributed by atoms with E-state index in [9.17, 15) is 4.79 Å². The molecule has 5 nitrogen and oxygen atoms in total. The third-order valence-electron chi connectivity index (χ3n) is 3.25. The number of carbonyl (C=O) groups excluding carboxylic acids is 1. The van der Waals surface area contributed by atoms with Crippen LogP contribution in [-0.2, 0) is 17.8 Å². The lowest BCUT2D eigenvalue weighted by Gasteiger charge is -2.13. The van der Waals surface area contributed by atoms with Crippen molar-refractivity contribution in [3.63, 3.8) is 0 Å². The summed E-state index contributed by atoms with van der Waals surface area (Å²) >= 11 is 0. The zero-order chi connectivity index (χ0) is 13.8. The fourth-order valence-corrected chi connectivity index (χ4v) is 2.24. The normalized spacial score (nSPS) is 12.6. The number of carbonyl (C=O) groups is 1. The molecule has 0 aliphatic rings. The summed E-state index contributed by atoms with van der Waals surface area (Å²) in [6.45, 7) is 4.59. The number of para-hydroxylation sites is 2. The van der Waals surface area contributed by atoms with E-state index in [0.29, 0.717) is 6.54 Å². The number of aryl methyl sites for hydroxylation is 1. The zero-order valence-electron chi connectivity index (χ0n) is 11.4. The van der Waals surface area contributed by atoms with Crippen molar-refractivity contribution >= 4 is 16.9 Å². The largest absolute Gasteiger partial charge is 0.327 e. The molecule has 2 aromatic rings. The molecule has 1 heterocycles. The smallest absolute Gasteiger partial charge is 0.238 e. The van der Waals surface area contributed by atoms with Gasteiger partial charge in [-0.25, -0.2) is 10.8 Å². The third kappa shape index (κ3) is 2.76. The van der Waals surface area contributed by atoms with E-state index in [1.54, 1.807) is 0 Å². The van der Waals surface area contributed by atoms with Gasteiger partial charge in [-0.2, -0.15) is 0 Å². The molecule has 1 aromatic heterocycles. The first-order valence-electron chi connectivity index (χ1n) is 6.62. The number of fused-ring (bicyclic) bond motifs is 1. The van der Waals surface area contributed by atoms with Gasteiger partial charge in [0, 0.05) is 13.0 Å². The van der Waals surface area contributed by atoms with E-state index >= 15 is 0 Å². The van der Waals surface area contributed by atoms with Crippen molar-refractivity contribution in [3.05, 3.63) is 30.1 Å². The van der Waals surface area contributed by atoms with Gasteiger partial charge in [0.1, 0.15) is 5.82 Å². The van der Waals surface area contributed by atoms with Crippen molar-refractivity contribution in [2.45, 2.75) is 33.2 Å². The van der Waals surface area contributed by atoms with Gasteiger partial charge in [-0.1, -0.05) is 26.0 Å². The average molecular weight is 260 g/mol. The number of nitrogens with zero attached hydrogens (tertiary/aromatic N) is 2. The molecule has 1 atom stereocenters. The van der Waals surface area contributed by atoms with E-state index in [1.165, 1.54) is 0 Å². The maximum absolute atomic E-state index is 11.6. The number of nitrogens with one attached hydrogen (secondary N) is 1. The van der Waals surface area contributed by atoms with E-state index in [1.807, 2.05) is 31.2 Å². The van der Waals surface area contributed by atoms with Crippen LogP contribution in [0.1, 0.15) is 26.1 Å². The van der Waals surface area contributed by atoms with E-state index in [2.05, 4.69) is 21.9 Å². The van der Waals surface area contributed by atoms with E-state index in [-0.39, 0.29) is 11.8 Å². The number of imidazole rings is 1. The van der Waals surface area contributed by atoms with Crippen LogP contribution in [0.15, 0.2) is 24.3 Å². The Kier molecular flexibility index (Phi) is 4.16. The molecule has 2 rings (SSSR count). The first-order valence-corrected chi connectivity index (χ1v) is 6.62. The van der Waals surface area contributed by atoms with Crippen LogP contribution in [0.4, 0.5) is 0 Å². The first kappa shape index (κ1) is 13.5. The summed E-state index contributed by atoms with van der Waals surface area (Å²) in [5.74, 6) is 5.88. The van der Waals surface area contributed by atoms with Gasteiger partial charge < -0.3 is 4.57 Å². The van der Waals surface area contributed by atoms with Crippen LogP contribution in [-0.4, -0.2) is 15.5 Å². The standard InChI is InChI=1S/C14H20N4O/c1-3-6-13-16-11-7-4-5-8-12(11)18(13)9-10(2)14(19)17-15/h4-5,7-8,10H,3,6,9,15H2,1-2H3,(H,17,19). The second-order valence-electron chi connectivity index (χ2n) is 4.79. The van der Waals surface area contributed by atoms with Crippen LogP contribution >= 0.6 is 0 Å². The Bertz CT molecular complexity index is 576. The second-order valence-corrected chi connectivity index (χ2v) is 4.79. The van der Waals surface area contributed by atoms with Crippen molar-refractivity contribution in [1.82, 2.24) is 15.0 Å². The van der Waals surface area contributed by atoms with Crippen molar-refractivity contribution < 1.29 is 4.79 Å². The number of aromatic nitrogens is 2. The topological polar surface area (TPSA) is 72.9 Å². The van der Waals surface area contributed by atoms with Crippen LogP contribution in [0, 0.1) is 5.92 Å². The van der Waals surface area contributed by atoms with Gasteiger partial charge >= 0.3 is 0 Å². The van der Waals surface area contributed by atoms with Crippen LogP contribution in [0.25, 0.3) is 11.0 Å². The maximum Gasteiger partial charge on any atom is 0.238 e. The lowest BCUT2D eigenvalue weighted by atomic mass is 10.1. The van der Waals surface area contributed by atoms with Gasteiger partial charge in [0.2, 0.25) is 5.91 Å². The average Bonchev–Trinajstić information content (AvgIpc) is 2.76. The SMILES string of the molecule is CCCc1nc2ccccc2n1CC(C)C(=O)NN. The second kappa shape index (κ2) is 5.84. The van der Waals surface area contributed by atoms with Crippen LogP contribution < -0.4 is 11.3 Å². The minimum absolute atomic E-state index is 0.153. The summed E-state index contributed by atoms with van der Waals surface area (Å²) in [7, 11) is 0. The molecule has 19 heavy (non-hydrogen) atoms. The molecule has 0 saturated heterocycles. The van der Waals surface area contributed by atoms with Crippen LogP contribution in [0.2, 0.25) is 0 Å². The molecule has 0 spiro atoms. The molecule has 0 fully saturated rings. The van der Waals surface area contributed by atoms with Crippen molar-refractivity contribution in [2.75, 3.05) is 0 Å². The Morgan fingerprint density at radius 3 is 2.89 bits per heavy atom. The molecule has 0 aliphatic heterocycles. The third-order valence-corrected chi connectivity index (χ3v) is 3.25. The van der Waals surface area contributed by atoms with Crippen molar-refractivity contribution in [2.24, 2.45) is 11.8 Å². The molecular formula is C14H20N4O. The molecule has 0 bridgehead atoms. The number of hydrazine groups is 1. The number of rotatable bonds is 5. The fourth-order valence-electron chi connectivity index (χ4n) is 2.24. The molecule has 0 saturated carbocycles. The summed E-state index contributed by atoms with van der Waals surface area (Å²) in [6, 6.07) is 8.00. The predicted molar refractivity (Wildman–Crippen MR) is 75.2 cm³/mol. The summed E-state index contributed by atoms with van der Waals surface area (Å²) in [5.41, 5.74) is 4.25. The Labute approximate surface area is 112 Å². The van der Waals surface area contributed by atoms with Crippen molar-refractivity contribution in [1.29, 1.82) is 0 Å². The molecule has 3 N–H and O–H groups in total. The minimum Gasteiger partial charge on any atom is -0.327 e. The molecular weight excluding hydrogens is 240 g/mol. The lowest BCUT2D eigenvalue weighted by Crippen LogP contribution is -2.36. The number of benzene rings is 1. The lowest BCUT2D eigenvalue weighted by molar-refractivity contribution is -0.124. The molecule has 5 heteroatoms. The van der Waals surface area contributed by atoms with Crippen LogP contribution in [0.3, 0.4) is 0 Å². The van der Waals surface area contributed by atoms with E-state index < -0.39 is 0 Å². The quantitative estimate of drug-likeness (QED) is 0.487. The zero-order valence-corrected chi connectivity index (χ0v) is 11.4. The number of nitrogens with two attached hydrogens (primary N) is 1.